The summed E-state index contributed by atoms with van der Waals surface area (Å²) in [6.07, 6.45) is 1.73. The zero-order valence-electron chi connectivity index (χ0n) is 17.1. The molecule has 0 spiro atoms. The molecule has 0 unspecified atom stereocenters. The Hall–Kier alpha value is -2.74. The third-order valence-electron chi connectivity index (χ3n) is 4.52. The first-order valence-electron chi connectivity index (χ1n) is 9.52. The van der Waals surface area contributed by atoms with Crippen molar-refractivity contribution in [3.63, 3.8) is 0 Å². The van der Waals surface area contributed by atoms with Crippen molar-refractivity contribution in [2.75, 3.05) is 12.3 Å². The van der Waals surface area contributed by atoms with Crippen LogP contribution in [0.3, 0.4) is 0 Å². The molecule has 3 heterocycles. The summed E-state index contributed by atoms with van der Waals surface area (Å²) in [6.45, 7) is 11.1. The number of ether oxygens (including phenoxy) is 1. The molecule has 3 aromatic heterocycles. The van der Waals surface area contributed by atoms with E-state index in [9.17, 15) is 4.79 Å². The lowest BCUT2D eigenvalue weighted by Crippen LogP contribution is -2.48. The molecule has 0 aliphatic carbocycles. The fourth-order valence-electron chi connectivity index (χ4n) is 3.16. The first-order valence-corrected chi connectivity index (χ1v) is 9.52. The highest BCUT2D eigenvalue weighted by Gasteiger charge is 2.27. The third kappa shape index (κ3) is 3.91. The van der Waals surface area contributed by atoms with Crippen LogP contribution >= 0.6 is 0 Å². The smallest absolute Gasteiger partial charge is 0.223 e. The first kappa shape index (κ1) is 20.0. The average molecular weight is 384 g/mol. The normalized spacial score (nSPS) is 12.2. The van der Waals surface area contributed by atoms with Crippen LogP contribution in [0.4, 0.5) is 5.82 Å². The molecular weight excluding hydrogens is 356 g/mol. The molecule has 1 amide bonds. The van der Waals surface area contributed by atoms with E-state index >= 15 is 0 Å². The van der Waals surface area contributed by atoms with Gasteiger partial charge in [-0.05, 0) is 32.9 Å². The Morgan fingerprint density at radius 1 is 1.32 bits per heavy atom. The van der Waals surface area contributed by atoms with Crippen molar-refractivity contribution in [2.45, 2.75) is 53.3 Å². The molecule has 3 rings (SSSR count). The van der Waals surface area contributed by atoms with Gasteiger partial charge in [0.15, 0.2) is 5.82 Å². The van der Waals surface area contributed by atoms with Gasteiger partial charge in [-0.2, -0.15) is 0 Å². The van der Waals surface area contributed by atoms with Crippen LogP contribution < -0.4 is 11.1 Å². The monoisotopic (exact) mass is 384 g/mol. The molecule has 0 bridgehead atoms. The van der Waals surface area contributed by atoms with E-state index in [1.165, 1.54) is 0 Å². The van der Waals surface area contributed by atoms with Crippen LogP contribution in [0.1, 0.15) is 40.4 Å². The van der Waals surface area contributed by atoms with Crippen molar-refractivity contribution in [2.24, 2.45) is 5.92 Å². The molecule has 150 valence electrons. The van der Waals surface area contributed by atoms with Gasteiger partial charge in [-0.25, -0.2) is 9.97 Å². The van der Waals surface area contributed by atoms with Crippen molar-refractivity contribution < 1.29 is 9.53 Å². The number of pyridine rings is 2. The number of fused-ring (bicyclic) bond motifs is 3. The average Bonchev–Trinajstić information content (AvgIpc) is 2.98. The zero-order valence-corrected chi connectivity index (χ0v) is 17.1. The lowest BCUT2D eigenvalue weighted by atomic mass is 10.0. The van der Waals surface area contributed by atoms with Crippen LogP contribution in [-0.2, 0) is 22.7 Å². The van der Waals surface area contributed by atoms with Gasteiger partial charge in [0, 0.05) is 25.3 Å². The van der Waals surface area contributed by atoms with Crippen LogP contribution in [-0.4, -0.2) is 37.6 Å². The number of nitrogens with one attached hydrogen (secondary N) is 1. The lowest BCUT2D eigenvalue weighted by molar-refractivity contribution is -0.125. The quantitative estimate of drug-likeness (QED) is 0.648. The Balaban J connectivity index is 2.16. The molecule has 0 saturated heterocycles. The molecule has 0 saturated carbocycles. The van der Waals surface area contributed by atoms with Gasteiger partial charge >= 0.3 is 0 Å². The van der Waals surface area contributed by atoms with Gasteiger partial charge in [-0.3, -0.25) is 9.78 Å². The van der Waals surface area contributed by atoms with Crippen molar-refractivity contribution in [3.05, 3.63) is 24.2 Å². The number of nitrogen functional groups attached to an aromatic ring is 1. The highest BCUT2D eigenvalue weighted by Crippen LogP contribution is 2.29. The molecule has 3 N–H and O–H groups in total. The number of rotatable bonds is 7. The van der Waals surface area contributed by atoms with Crippen LogP contribution in [0.2, 0.25) is 0 Å². The number of hydrogen-bond donors (Lipinski definition) is 2. The second-order valence-electron chi connectivity index (χ2n) is 7.84. The van der Waals surface area contributed by atoms with Crippen molar-refractivity contribution in [1.29, 1.82) is 0 Å². The van der Waals surface area contributed by atoms with E-state index in [0.717, 1.165) is 16.9 Å². The van der Waals surface area contributed by atoms with Crippen molar-refractivity contribution >= 4 is 33.8 Å². The minimum Gasteiger partial charge on any atom is -0.382 e. The van der Waals surface area contributed by atoms with E-state index in [1.54, 1.807) is 6.20 Å². The van der Waals surface area contributed by atoms with E-state index in [-0.39, 0.29) is 11.8 Å². The van der Waals surface area contributed by atoms with Crippen LogP contribution in [0.5, 0.6) is 0 Å². The number of carbonyl (C=O) groups excluding carboxylic acids is 1. The van der Waals surface area contributed by atoms with Gasteiger partial charge in [0.1, 0.15) is 29.0 Å². The largest absolute Gasteiger partial charge is 0.382 e. The van der Waals surface area contributed by atoms with Crippen LogP contribution in [0, 0.1) is 5.92 Å². The second-order valence-corrected chi connectivity index (χ2v) is 7.84. The van der Waals surface area contributed by atoms with Crippen LogP contribution in [0.25, 0.3) is 22.1 Å². The van der Waals surface area contributed by atoms with Crippen molar-refractivity contribution in [1.82, 2.24) is 24.8 Å². The molecule has 3 aromatic rings. The van der Waals surface area contributed by atoms with E-state index in [2.05, 4.69) is 15.3 Å². The Morgan fingerprint density at radius 3 is 2.75 bits per heavy atom. The predicted octanol–water partition coefficient (Wildman–Crippen LogP) is 2.65. The predicted molar refractivity (Wildman–Crippen MR) is 110 cm³/mol. The number of aromatic nitrogens is 4. The second kappa shape index (κ2) is 7.71. The van der Waals surface area contributed by atoms with Gasteiger partial charge < -0.3 is 20.4 Å². The SMILES string of the molecule is CCOCc1nc2c(N)nc3cccnc3c2n1CC(C)(C)NC(=O)C(C)C. The maximum absolute atomic E-state index is 12.3. The highest BCUT2D eigenvalue weighted by molar-refractivity contribution is 6.04. The minimum absolute atomic E-state index is 0.00458. The molecule has 0 aromatic carbocycles. The summed E-state index contributed by atoms with van der Waals surface area (Å²) in [5.74, 6) is 1.00. The Morgan fingerprint density at radius 2 is 2.07 bits per heavy atom. The summed E-state index contributed by atoms with van der Waals surface area (Å²) in [4.78, 5) is 25.9. The topological polar surface area (TPSA) is 108 Å². The Kier molecular flexibility index (Phi) is 5.51. The Labute approximate surface area is 164 Å². The van der Waals surface area contributed by atoms with Crippen LogP contribution in [0.15, 0.2) is 18.3 Å². The molecule has 0 aliphatic rings. The zero-order chi connectivity index (χ0) is 20.5. The van der Waals surface area contributed by atoms with E-state index < -0.39 is 5.54 Å². The molecule has 28 heavy (non-hydrogen) atoms. The third-order valence-corrected chi connectivity index (χ3v) is 4.52. The van der Waals surface area contributed by atoms with Gasteiger partial charge in [0.05, 0.1) is 11.1 Å². The summed E-state index contributed by atoms with van der Waals surface area (Å²) in [7, 11) is 0. The number of anilines is 1. The van der Waals surface area contributed by atoms with Gasteiger partial charge in [0.2, 0.25) is 5.91 Å². The Bertz CT molecular complexity index is 1010. The number of nitrogens with zero attached hydrogens (tertiary/aromatic N) is 4. The molecular formula is C20H28N6O2. The summed E-state index contributed by atoms with van der Waals surface area (Å²) in [5.41, 5.74) is 8.54. The fourth-order valence-corrected chi connectivity index (χ4v) is 3.16. The fraction of sp³-hybridized carbons (Fsp3) is 0.500. The highest BCUT2D eigenvalue weighted by atomic mass is 16.5. The number of nitrogens with two attached hydrogens (primary N) is 1. The van der Waals surface area contributed by atoms with Gasteiger partial charge in [0.25, 0.3) is 0 Å². The van der Waals surface area contributed by atoms with Crippen molar-refractivity contribution in [3.8, 4) is 0 Å². The summed E-state index contributed by atoms with van der Waals surface area (Å²) in [6, 6.07) is 3.71. The molecule has 0 aliphatic heterocycles. The number of carbonyl (C=O) groups is 1. The van der Waals surface area contributed by atoms with E-state index in [4.69, 9.17) is 15.5 Å². The molecule has 8 nitrogen and oxygen atoms in total. The molecule has 0 fully saturated rings. The molecule has 0 atom stereocenters. The standard InChI is InChI=1S/C20H28N6O2/c1-6-28-10-14-24-16-17(15-13(23-18(16)21)8-7-9-22-15)26(14)11-20(4,5)25-19(27)12(2)3/h7-9,12H,6,10-11H2,1-5H3,(H2,21,23)(H,25,27). The number of imidazole rings is 1. The first-order chi connectivity index (χ1) is 13.2. The maximum Gasteiger partial charge on any atom is 0.223 e. The molecule has 0 radical (unpaired) electrons. The summed E-state index contributed by atoms with van der Waals surface area (Å²) in [5, 5.41) is 3.11. The minimum atomic E-state index is -0.505. The number of amides is 1. The number of hydrogen-bond acceptors (Lipinski definition) is 6. The van der Waals surface area contributed by atoms with Gasteiger partial charge in [-0.1, -0.05) is 13.8 Å². The van der Waals surface area contributed by atoms with E-state index in [0.29, 0.717) is 36.6 Å². The van der Waals surface area contributed by atoms with E-state index in [1.807, 2.05) is 51.3 Å². The lowest BCUT2D eigenvalue weighted by Gasteiger charge is -2.29. The maximum atomic E-state index is 12.3. The van der Waals surface area contributed by atoms with Gasteiger partial charge in [-0.15, -0.1) is 0 Å². The summed E-state index contributed by atoms with van der Waals surface area (Å²) < 4.78 is 7.66. The molecule has 8 heteroatoms. The summed E-state index contributed by atoms with van der Waals surface area (Å²) >= 11 is 0.